The molecule has 0 aliphatic carbocycles. The van der Waals surface area contributed by atoms with Gasteiger partial charge in [0.05, 0.1) is 11.8 Å². The fourth-order valence-electron chi connectivity index (χ4n) is 1.30. The number of hydrogen-bond acceptors (Lipinski definition) is 5. The summed E-state index contributed by atoms with van der Waals surface area (Å²) in [6, 6.07) is 0.802. The Morgan fingerprint density at radius 1 is 1.61 bits per heavy atom. The van der Waals surface area contributed by atoms with Crippen molar-refractivity contribution in [3.63, 3.8) is 0 Å². The van der Waals surface area contributed by atoms with Crippen LogP contribution in [-0.2, 0) is 21.2 Å². The zero-order valence-electron chi connectivity index (χ0n) is 10.5. The number of nitrogens with one attached hydrogen (secondary N) is 1. The Hall–Kier alpha value is -1.41. The van der Waals surface area contributed by atoms with Crippen molar-refractivity contribution in [3.05, 3.63) is 12.3 Å². The summed E-state index contributed by atoms with van der Waals surface area (Å²) >= 11 is 0. The van der Waals surface area contributed by atoms with Crippen molar-refractivity contribution in [2.75, 3.05) is 17.3 Å². The summed E-state index contributed by atoms with van der Waals surface area (Å²) < 4.78 is 23.6. The number of aryl methyl sites for hydroxylation is 1. The van der Waals surface area contributed by atoms with Gasteiger partial charge in [-0.05, 0) is 13.3 Å². The van der Waals surface area contributed by atoms with Crippen molar-refractivity contribution < 1.29 is 13.2 Å². The molecule has 0 saturated heterocycles. The summed E-state index contributed by atoms with van der Waals surface area (Å²) in [4.78, 5) is 11.6. The Balaban J connectivity index is 2.49. The van der Waals surface area contributed by atoms with E-state index in [9.17, 15) is 13.2 Å². The van der Waals surface area contributed by atoms with Crippen LogP contribution in [0.4, 0.5) is 5.82 Å². The van der Waals surface area contributed by atoms with Gasteiger partial charge in [-0.25, -0.2) is 8.42 Å². The zero-order chi connectivity index (χ0) is 13.8. The maximum absolute atomic E-state index is 11.6. The molecule has 0 fully saturated rings. The first-order valence-electron chi connectivity index (χ1n) is 5.59. The Morgan fingerprint density at radius 2 is 2.28 bits per heavy atom. The van der Waals surface area contributed by atoms with E-state index in [1.165, 1.54) is 0 Å². The Bertz CT molecular complexity index is 509. The number of nitrogens with zero attached hydrogens (tertiary/aromatic N) is 2. The summed E-state index contributed by atoms with van der Waals surface area (Å²) in [5.41, 5.74) is 5.60. The summed E-state index contributed by atoms with van der Waals surface area (Å²) in [5, 5.41) is 6.61. The molecular formula is C10H18N4O3S. The lowest BCUT2D eigenvalue weighted by molar-refractivity contribution is -0.117. The molecule has 0 radical (unpaired) electrons. The predicted molar refractivity (Wildman–Crippen MR) is 68.8 cm³/mol. The number of carbonyl (C=O) groups is 1. The van der Waals surface area contributed by atoms with Gasteiger partial charge in [0.1, 0.15) is 9.84 Å². The molecule has 0 aromatic carbocycles. The maximum atomic E-state index is 11.6. The van der Waals surface area contributed by atoms with Crippen LogP contribution in [-0.4, -0.2) is 42.2 Å². The van der Waals surface area contributed by atoms with E-state index in [-0.39, 0.29) is 12.2 Å². The minimum Gasteiger partial charge on any atom is -0.320 e. The van der Waals surface area contributed by atoms with Gasteiger partial charge >= 0.3 is 0 Å². The van der Waals surface area contributed by atoms with Crippen molar-refractivity contribution in [2.24, 2.45) is 5.73 Å². The normalized spacial score (nSPS) is 13.3. The molecule has 1 rings (SSSR count). The van der Waals surface area contributed by atoms with Gasteiger partial charge in [0.2, 0.25) is 5.91 Å². The quantitative estimate of drug-likeness (QED) is 0.734. The first-order chi connectivity index (χ1) is 8.31. The van der Waals surface area contributed by atoms with Gasteiger partial charge in [0, 0.05) is 25.1 Å². The second kappa shape index (κ2) is 5.96. The van der Waals surface area contributed by atoms with E-state index >= 15 is 0 Å². The van der Waals surface area contributed by atoms with Crippen molar-refractivity contribution >= 4 is 21.6 Å². The highest BCUT2D eigenvalue weighted by molar-refractivity contribution is 7.90. The van der Waals surface area contributed by atoms with Crippen molar-refractivity contribution in [1.29, 1.82) is 0 Å². The number of aromatic nitrogens is 2. The van der Waals surface area contributed by atoms with Crippen molar-refractivity contribution in [1.82, 2.24) is 9.78 Å². The molecule has 1 unspecified atom stereocenters. The molecule has 8 heteroatoms. The van der Waals surface area contributed by atoms with Gasteiger partial charge in [-0.3, -0.25) is 9.48 Å². The molecule has 1 aromatic heterocycles. The molecule has 0 bridgehead atoms. The van der Waals surface area contributed by atoms with Crippen LogP contribution < -0.4 is 11.1 Å². The third-order valence-electron chi connectivity index (χ3n) is 2.35. The lowest BCUT2D eigenvalue weighted by Gasteiger charge is -2.09. The second-order valence-electron chi connectivity index (χ2n) is 4.07. The second-order valence-corrected chi connectivity index (χ2v) is 6.33. The fourth-order valence-corrected chi connectivity index (χ4v) is 1.98. The van der Waals surface area contributed by atoms with Crippen LogP contribution >= 0.6 is 0 Å². The zero-order valence-corrected chi connectivity index (χ0v) is 11.3. The Labute approximate surface area is 106 Å². The largest absolute Gasteiger partial charge is 0.320 e. The molecule has 0 aliphatic rings. The van der Waals surface area contributed by atoms with Crippen LogP contribution in [0.3, 0.4) is 0 Å². The van der Waals surface area contributed by atoms with E-state index in [1.807, 2.05) is 6.92 Å². The van der Waals surface area contributed by atoms with Gasteiger partial charge in [-0.2, -0.15) is 5.10 Å². The fraction of sp³-hybridized carbons (Fsp3) is 0.600. The van der Waals surface area contributed by atoms with Crippen LogP contribution in [0.5, 0.6) is 0 Å². The number of hydrogen-bond donors (Lipinski definition) is 2. The van der Waals surface area contributed by atoms with Crippen molar-refractivity contribution in [2.45, 2.75) is 25.9 Å². The first-order valence-corrected chi connectivity index (χ1v) is 7.65. The monoisotopic (exact) mass is 274 g/mol. The maximum Gasteiger partial charge on any atom is 0.242 e. The average molecular weight is 274 g/mol. The van der Waals surface area contributed by atoms with E-state index in [1.54, 1.807) is 16.9 Å². The minimum atomic E-state index is -3.11. The highest BCUT2D eigenvalue weighted by atomic mass is 32.2. The SMILES string of the molecule is CCn1ccc(NC(=O)C(N)CCS(C)(=O)=O)n1. The number of amides is 1. The molecule has 1 heterocycles. The highest BCUT2D eigenvalue weighted by Gasteiger charge is 2.16. The minimum absolute atomic E-state index is 0.0964. The number of anilines is 1. The van der Waals surface area contributed by atoms with Crippen LogP contribution in [0.1, 0.15) is 13.3 Å². The molecule has 102 valence electrons. The van der Waals surface area contributed by atoms with Gasteiger partial charge in [0.25, 0.3) is 0 Å². The van der Waals surface area contributed by atoms with Crippen LogP contribution in [0.2, 0.25) is 0 Å². The number of nitrogens with two attached hydrogens (primary N) is 1. The summed E-state index contributed by atoms with van der Waals surface area (Å²) in [6.07, 6.45) is 2.94. The average Bonchev–Trinajstić information content (AvgIpc) is 2.72. The topological polar surface area (TPSA) is 107 Å². The summed E-state index contributed by atoms with van der Waals surface area (Å²) in [7, 11) is -3.11. The summed E-state index contributed by atoms with van der Waals surface area (Å²) in [6.45, 7) is 2.63. The van der Waals surface area contributed by atoms with Gasteiger partial charge in [-0.1, -0.05) is 0 Å². The Morgan fingerprint density at radius 3 is 2.78 bits per heavy atom. The smallest absolute Gasteiger partial charge is 0.242 e. The lowest BCUT2D eigenvalue weighted by atomic mass is 10.2. The molecule has 1 aromatic rings. The standard InChI is InChI=1S/C10H18N4O3S/c1-3-14-6-4-9(13-14)12-10(15)8(11)5-7-18(2,16)17/h4,6,8H,3,5,7,11H2,1-2H3,(H,12,13,15). The highest BCUT2D eigenvalue weighted by Crippen LogP contribution is 2.04. The number of carbonyl (C=O) groups excluding carboxylic acids is 1. The van der Waals surface area contributed by atoms with Crippen LogP contribution in [0.25, 0.3) is 0 Å². The van der Waals surface area contributed by atoms with Gasteiger partial charge in [0.15, 0.2) is 5.82 Å². The summed E-state index contributed by atoms with van der Waals surface area (Å²) in [5.74, 6) is -0.123. The van der Waals surface area contributed by atoms with Crippen LogP contribution in [0.15, 0.2) is 12.3 Å². The third-order valence-corrected chi connectivity index (χ3v) is 3.33. The van der Waals surface area contributed by atoms with E-state index in [0.29, 0.717) is 12.4 Å². The van der Waals surface area contributed by atoms with E-state index in [2.05, 4.69) is 10.4 Å². The Kier molecular flexibility index (Phi) is 4.85. The molecule has 0 saturated carbocycles. The lowest BCUT2D eigenvalue weighted by Crippen LogP contribution is -2.37. The molecule has 1 amide bonds. The van der Waals surface area contributed by atoms with E-state index < -0.39 is 21.8 Å². The van der Waals surface area contributed by atoms with Gasteiger partial charge in [-0.15, -0.1) is 0 Å². The molecule has 1 atom stereocenters. The predicted octanol–water partition coefficient (Wildman–Crippen LogP) is -0.396. The van der Waals surface area contributed by atoms with E-state index in [4.69, 9.17) is 5.73 Å². The molecule has 0 spiro atoms. The first kappa shape index (κ1) is 14.7. The molecule has 7 nitrogen and oxygen atoms in total. The van der Waals surface area contributed by atoms with Crippen LogP contribution in [0, 0.1) is 0 Å². The molecule has 0 aliphatic heterocycles. The van der Waals surface area contributed by atoms with E-state index in [0.717, 1.165) is 6.26 Å². The number of rotatable bonds is 6. The molecule has 18 heavy (non-hydrogen) atoms. The van der Waals surface area contributed by atoms with Gasteiger partial charge < -0.3 is 11.1 Å². The molecule has 3 N–H and O–H groups in total. The third kappa shape index (κ3) is 4.84. The number of sulfone groups is 1. The van der Waals surface area contributed by atoms with Crippen molar-refractivity contribution in [3.8, 4) is 0 Å². The molecular weight excluding hydrogens is 256 g/mol.